The Kier molecular flexibility index (Phi) is 3.34. The summed E-state index contributed by atoms with van der Waals surface area (Å²) < 4.78 is 37.2. The molecule has 2 aliphatic carbocycles. The second-order valence-corrected chi connectivity index (χ2v) is 6.46. The highest BCUT2D eigenvalue weighted by Crippen LogP contribution is 2.52. The highest BCUT2D eigenvalue weighted by atomic mass is 19.1. The number of hydrogen-bond donors (Lipinski definition) is 0. The van der Waals surface area contributed by atoms with Crippen LogP contribution in [-0.4, -0.2) is 6.16 Å². The molecule has 2 aliphatic rings. The van der Waals surface area contributed by atoms with Crippen molar-refractivity contribution in [3.8, 4) is 0 Å². The maximum Gasteiger partial charge on any atom is 0.510 e. The average Bonchev–Trinajstić information content (AvgIpc) is 3.47. The van der Waals surface area contributed by atoms with Crippen LogP contribution in [0.5, 0.6) is 0 Å². The van der Waals surface area contributed by atoms with Crippen LogP contribution in [0.3, 0.4) is 0 Å². The molecule has 2 saturated carbocycles. The number of hydrogen-bond acceptors (Lipinski definition) is 3. The number of ether oxygens (including phenoxy) is 2. The van der Waals surface area contributed by atoms with Crippen molar-refractivity contribution in [2.75, 3.05) is 0 Å². The fourth-order valence-electron chi connectivity index (χ4n) is 2.97. The fourth-order valence-corrected chi connectivity index (χ4v) is 2.97. The molecule has 0 heterocycles. The van der Waals surface area contributed by atoms with E-state index in [-0.39, 0.29) is 11.6 Å². The Morgan fingerprint density at radius 3 is 1.33 bits per heavy atom. The third kappa shape index (κ3) is 2.75. The summed E-state index contributed by atoms with van der Waals surface area (Å²) in [5.41, 5.74) is 0.132. The molecule has 0 bridgehead atoms. The zero-order valence-corrected chi connectivity index (χ0v) is 12.9. The first kappa shape index (κ1) is 15.1. The molecule has 5 heteroatoms. The zero-order chi connectivity index (χ0) is 16.8. The first-order valence-corrected chi connectivity index (χ1v) is 7.96. The minimum absolute atomic E-state index is 0.328. The van der Waals surface area contributed by atoms with Crippen molar-refractivity contribution in [2.45, 2.75) is 36.9 Å². The summed E-state index contributed by atoms with van der Waals surface area (Å²) in [4.78, 5) is 12.2. The molecule has 0 atom stereocenters. The van der Waals surface area contributed by atoms with E-state index in [1.807, 2.05) is 0 Å². The third-order valence-corrected chi connectivity index (χ3v) is 4.71. The topological polar surface area (TPSA) is 35.5 Å². The molecular formula is C19H16F2O3. The lowest BCUT2D eigenvalue weighted by atomic mass is 10.1. The standard InChI is InChI=1S/C19H16F2O3/c20-15-5-1-13(2-6-15)18(9-10-18)23-17(22)24-19(11-12-19)14-3-7-16(21)8-4-14/h1-8H,9-12H2. The Bertz CT molecular complexity index is 695. The molecule has 0 saturated heterocycles. The molecule has 2 fully saturated rings. The Morgan fingerprint density at radius 1 is 0.708 bits per heavy atom. The van der Waals surface area contributed by atoms with Gasteiger partial charge in [0, 0.05) is 0 Å². The van der Waals surface area contributed by atoms with Crippen LogP contribution in [0.4, 0.5) is 13.6 Å². The normalized spacial score (nSPS) is 19.4. The van der Waals surface area contributed by atoms with Gasteiger partial charge < -0.3 is 9.47 Å². The first-order valence-electron chi connectivity index (χ1n) is 7.96. The molecule has 0 aliphatic heterocycles. The van der Waals surface area contributed by atoms with Crippen LogP contribution in [0.25, 0.3) is 0 Å². The van der Waals surface area contributed by atoms with Gasteiger partial charge in [0.15, 0.2) is 0 Å². The van der Waals surface area contributed by atoms with E-state index in [0.29, 0.717) is 25.7 Å². The quantitative estimate of drug-likeness (QED) is 0.756. The van der Waals surface area contributed by atoms with Crippen molar-refractivity contribution in [1.82, 2.24) is 0 Å². The average molecular weight is 330 g/mol. The Morgan fingerprint density at radius 2 is 1.04 bits per heavy atom. The minimum atomic E-state index is -0.737. The van der Waals surface area contributed by atoms with Crippen molar-refractivity contribution in [3.63, 3.8) is 0 Å². The van der Waals surface area contributed by atoms with Crippen LogP contribution >= 0.6 is 0 Å². The lowest BCUT2D eigenvalue weighted by molar-refractivity contribution is -0.0217. The number of carbonyl (C=O) groups is 1. The van der Waals surface area contributed by atoms with Crippen LogP contribution in [0.1, 0.15) is 36.8 Å². The molecule has 0 aromatic heterocycles. The Balaban J connectivity index is 1.45. The Hall–Kier alpha value is -2.43. The van der Waals surface area contributed by atoms with Crippen LogP contribution < -0.4 is 0 Å². The SMILES string of the molecule is O=C(OC1(c2ccc(F)cc2)CC1)OC1(c2ccc(F)cc2)CC1. The summed E-state index contributed by atoms with van der Waals surface area (Å²) in [7, 11) is 0. The lowest BCUT2D eigenvalue weighted by Gasteiger charge is -2.21. The van der Waals surface area contributed by atoms with E-state index in [2.05, 4.69) is 0 Å². The van der Waals surface area contributed by atoms with Gasteiger partial charge in [0.2, 0.25) is 0 Å². The third-order valence-electron chi connectivity index (χ3n) is 4.71. The molecule has 0 N–H and O–H groups in total. The van der Waals surface area contributed by atoms with Crippen molar-refractivity contribution in [2.24, 2.45) is 0 Å². The predicted molar refractivity (Wildman–Crippen MR) is 82.2 cm³/mol. The molecule has 24 heavy (non-hydrogen) atoms. The monoisotopic (exact) mass is 330 g/mol. The highest BCUT2D eigenvalue weighted by Gasteiger charge is 2.53. The smallest absolute Gasteiger partial charge is 0.423 e. The van der Waals surface area contributed by atoms with E-state index in [0.717, 1.165) is 11.1 Å². The number of rotatable bonds is 4. The summed E-state index contributed by atoms with van der Waals surface area (Å²) >= 11 is 0. The van der Waals surface area contributed by atoms with Gasteiger partial charge in [0.1, 0.15) is 22.8 Å². The van der Waals surface area contributed by atoms with Crippen molar-refractivity contribution < 1.29 is 23.0 Å². The van der Waals surface area contributed by atoms with E-state index in [1.165, 1.54) is 24.3 Å². The second-order valence-electron chi connectivity index (χ2n) is 6.46. The van der Waals surface area contributed by atoms with E-state index in [4.69, 9.17) is 9.47 Å². The molecule has 124 valence electrons. The molecule has 3 nitrogen and oxygen atoms in total. The molecule has 0 spiro atoms. The van der Waals surface area contributed by atoms with E-state index >= 15 is 0 Å². The van der Waals surface area contributed by atoms with E-state index in [1.54, 1.807) is 24.3 Å². The number of halogens is 2. The maximum absolute atomic E-state index is 13.0. The van der Waals surface area contributed by atoms with Gasteiger partial charge in [0.25, 0.3) is 0 Å². The summed E-state index contributed by atoms with van der Waals surface area (Å²) in [6.07, 6.45) is 2.03. The van der Waals surface area contributed by atoms with Crippen molar-refractivity contribution >= 4 is 6.16 Å². The molecule has 0 radical (unpaired) electrons. The maximum atomic E-state index is 13.0. The highest BCUT2D eigenvalue weighted by molar-refractivity contribution is 5.63. The van der Waals surface area contributed by atoms with Crippen molar-refractivity contribution in [3.05, 3.63) is 71.3 Å². The van der Waals surface area contributed by atoms with Gasteiger partial charge >= 0.3 is 6.16 Å². The fraction of sp³-hybridized carbons (Fsp3) is 0.316. The van der Waals surface area contributed by atoms with Gasteiger partial charge in [-0.05, 0) is 61.1 Å². The van der Waals surface area contributed by atoms with Crippen LogP contribution in [-0.2, 0) is 20.7 Å². The number of benzene rings is 2. The second kappa shape index (κ2) is 5.30. The van der Waals surface area contributed by atoms with Crippen LogP contribution in [0.15, 0.2) is 48.5 Å². The van der Waals surface area contributed by atoms with Crippen molar-refractivity contribution in [1.29, 1.82) is 0 Å². The zero-order valence-electron chi connectivity index (χ0n) is 12.9. The largest absolute Gasteiger partial charge is 0.510 e. The van der Waals surface area contributed by atoms with E-state index in [9.17, 15) is 13.6 Å². The van der Waals surface area contributed by atoms with Gasteiger partial charge in [-0.2, -0.15) is 0 Å². The van der Waals surface area contributed by atoms with Crippen LogP contribution in [0, 0.1) is 11.6 Å². The van der Waals surface area contributed by atoms with Gasteiger partial charge in [-0.3, -0.25) is 0 Å². The molecular weight excluding hydrogens is 314 g/mol. The first-order chi connectivity index (χ1) is 11.5. The van der Waals surface area contributed by atoms with Gasteiger partial charge in [-0.1, -0.05) is 24.3 Å². The molecule has 4 rings (SSSR count). The summed E-state index contributed by atoms with van der Waals surface area (Å²) in [6, 6.07) is 11.9. The molecule has 0 unspecified atom stereocenters. The van der Waals surface area contributed by atoms with Crippen LogP contribution in [0.2, 0.25) is 0 Å². The Labute approximate surface area is 138 Å². The van der Waals surface area contributed by atoms with Gasteiger partial charge in [0.05, 0.1) is 0 Å². The number of carbonyl (C=O) groups excluding carboxylic acids is 1. The lowest BCUT2D eigenvalue weighted by Crippen LogP contribution is -2.23. The van der Waals surface area contributed by atoms with Gasteiger partial charge in [-0.15, -0.1) is 0 Å². The minimum Gasteiger partial charge on any atom is -0.423 e. The van der Waals surface area contributed by atoms with Gasteiger partial charge in [-0.25, -0.2) is 13.6 Å². The van der Waals surface area contributed by atoms with E-state index < -0.39 is 17.4 Å². The predicted octanol–water partition coefficient (Wildman–Crippen LogP) is 4.80. The summed E-state index contributed by atoms with van der Waals surface area (Å²) in [5, 5.41) is 0. The molecule has 2 aromatic rings. The summed E-state index contributed by atoms with van der Waals surface area (Å²) in [6.45, 7) is 0. The molecule has 0 amide bonds. The molecule has 2 aromatic carbocycles. The summed E-state index contributed by atoms with van der Waals surface area (Å²) in [5.74, 6) is -0.657.